The van der Waals surface area contributed by atoms with Crippen LogP contribution in [-0.2, 0) is 4.74 Å². The van der Waals surface area contributed by atoms with Gasteiger partial charge in [-0.15, -0.1) is 11.8 Å². The first-order valence-electron chi connectivity index (χ1n) is 7.52. The highest BCUT2D eigenvalue weighted by Gasteiger charge is 2.23. The highest BCUT2D eigenvalue weighted by atomic mass is 32.2. The van der Waals surface area contributed by atoms with Crippen molar-refractivity contribution < 1.29 is 9.66 Å². The number of hydrogen-bond donors (Lipinski definition) is 1. The van der Waals surface area contributed by atoms with E-state index in [-0.39, 0.29) is 0 Å². The summed E-state index contributed by atoms with van der Waals surface area (Å²) in [6, 6.07) is 0. The van der Waals surface area contributed by atoms with Crippen LogP contribution in [0, 0.1) is 16.0 Å². The largest absolute Gasteiger partial charge is 0.378 e. The van der Waals surface area contributed by atoms with E-state index in [1.54, 1.807) is 0 Å². The number of hydrogen-bond acceptors (Lipinski definition) is 6. The molecule has 0 bridgehead atoms. The minimum atomic E-state index is -0.418. The molecular weight excluding hydrogens is 290 g/mol. The molecule has 0 amide bonds. The molecule has 1 N–H and O–H groups in total. The van der Waals surface area contributed by atoms with Crippen molar-refractivity contribution in [3.05, 3.63) is 21.3 Å². The molecule has 21 heavy (non-hydrogen) atoms. The number of nitrogens with one attached hydrogen (secondary N) is 1. The molecule has 1 fully saturated rings. The van der Waals surface area contributed by atoms with E-state index in [4.69, 9.17) is 4.74 Å². The molecule has 122 valence electrons. The third-order valence-electron chi connectivity index (χ3n) is 3.64. The van der Waals surface area contributed by atoms with Gasteiger partial charge in [0.05, 0.1) is 17.6 Å². The average molecular weight is 317 g/mol. The van der Waals surface area contributed by atoms with Crippen molar-refractivity contribution in [1.29, 1.82) is 0 Å². The molecule has 2 unspecified atom stereocenters. The summed E-state index contributed by atoms with van der Waals surface area (Å²) in [6.45, 7) is 9.06. The fraction of sp³-hybridized carbons (Fsp3) is 0.857. The van der Waals surface area contributed by atoms with Crippen LogP contribution in [0.3, 0.4) is 0 Å². The molecular formula is C14H27N3O3S. The van der Waals surface area contributed by atoms with Crippen LogP contribution in [-0.4, -0.2) is 55.0 Å². The summed E-state index contributed by atoms with van der Waals surface area (Å²) < 4.78 is 5.61. The Labute approximate surface area is 131 Å². The van der Waals surface area contributed by atoms with E-state index < -0.39 is 4.92 Å². The molecule has 0 aliphatic carbocycles. The molecule has 0 spiro atoms. The topological polar surface area (TPSA) is 67.6 Å². The van der Waals surface area contributed by atoms with Gasteiger partial charge in [0.1, 0.15) is 5.03 Å². The first-order valence-corrected chi connectivity index (χ1v) is 8.74. The normalized spacial score (nSPS) is 22.8. The van der Waals surface area contributed by atoms with Gasteiger partial charge in [0.25, 0.3) is 6.20 Å². The van der Waals surface area contributed by atoms with Gasteiger partial charge in [-0.25, -0.2) is 0 Å². The number of nitrogens with zero attached hydrogens (tertiary/aromatic N) is 2. The SMILES string of the molecule is CCN(CCCNC(=C[N+](=O)[O-])SC)CC1COC(C)C1. The summed E-state index contributed by atoms with van der Waals surface area (Å²) in [4.78, 5) is 12.4. The smallest absolute Gasteiger partial charge is 0.263 e. The summed E-state index contributed by atoms with van der Waals surface area (Å²) >= 11 is 1.37. The van der Waals surface area contributed by atoms with Crippen LogP contribution in [0.4, 0.5) is 0 Å². The van der Waals surface area contributed by atoms with Gasteiger partial charge in [0.2, 0.25) is 0 Å². The molecule has 0 aromatic carbocycles. The lowest BCUT2D eigenvalue weighted by Gasteiger charge is -2.23. The number of rotatable bonds is 10. The van der Waals surface area contributed by atoms with E-state index in [1.807, 2.05) is 6.26 Å². The molecule has 1 heterocycles. The maximum absolute atomic E-state index is 10.4. The zero-order chi connectivity index (χ0) is 15.7. The lowest BCUT2D eigenvalue weighted by Crippen LogP contribution is -2.32. The predicted molar refractivity (Wildman–Crippen MR) is 86.8 cm³/mol. The zero-order valence-corrected chi connectivity index (χ0v) is 14.0. The van der Waals surface area contributed by atoms with Gasteiger partial charge in [-0.05, 0) is 45.0 Å². The van der Waals surface area contributed by atoms with E-state index in [9.17, 15) is 10.1 Å². The fourth-order valence-electron chi connectivity index (χ4n) is 2.56. The van der Waals surface area contributed by atoms with Crippen molar-refractivity contribution >= 4 is 11.8 Å². The summed E-state index contributed by atoms with van der Waals surface area (Å²) in [5.41, 5.74) is 0. The van der Waals surface area contributed by atoms with Crippen molar-refractivity contribution in [1.82, 2.24) is 10.2 Å². The van der Waals surface area contributed by atoms with Crippen LogP contribution in [0.1, 0.15) is 26.7 Å². The van der Waals surface area contributed by atoms with E-state index in [0.29, 0.717) is 17.1 Å². The summed E-state index contributed by atoms with van der Waals surface area (Å²) in [6.07, 6.45) is 5.39. The minimum absolute atomic E-state index is 0.395. The Kier molecular flexibility index (Phi) is 8.72. The Bertz CT molecular complexity index is 352. The van der Waals surface area contributed by atoms with Gasteiger partial charge in [-0.2, -0.15) is 0 Å². The molecule has 1 rings (SSSR count). The van der Waals surface area contributed by atoms with Crippen LogP contribution in [0.15, 0.2) is 11.2 Å². The monoisotopic (exact) mass is 317 g/mol. The van der Waals surface area contributed by atoms with Gasteiger partial charge in [-0.3, -0.25) is 10.1 Å². The Hall–Kier alpha value is -0.790. The lowest BCUT2D eigenvalue weighted by atomic mass is 10.1. The van der Waals surface area contributed by atoms with Crippen molar-refractivity contribution in [2.45, 2.75) is 32.8 Å². The molecule has 2 atom stereocenters. The summed E-state index contributed by atoms with van der Waals surface area (Å²) in [5.74, 6) is 0.643. The zero-order valence-electron chi connectivity index (χ0n) is 13.2. The van der Waals surface area contributed by atoms with Crippen molar-refractivity contribution in [2.24, 2.45) is 5.92 Å². The molecule has 7 heteroatoms. The number of thioether (sulfide) groups is 1. The quantitative estimate of drug-likeness (QED) is 0.378. The second-order valence-electron chi connectivity index (χ2n) is 5.40. The second-order valence-corrected chi connectivity index (χ2v) is 6.25. The third-order valence-corrected chi connectivity index (χ3v) is 4.33. The minimum Gasteiger partial charge on any atom is -0.378 e. The van der Waals surface area contributed by atoms with Gasteiger partial charge < -0.3 is 15.0 Å². The van der Waals surface area contributed by atoms with Gasteiger partial charge in [-0.1, -0.05) is 6.92 Å². The molecule has 6 nitrogen and oxygen atoms in total. The molecule has 0 aromatic heterocycles. The van der Waals surface area contributed by atoms with Gasteiger partial charge in [0.15, 0.2) is 0 Å². The highest BCUT2D eigenvalue weighted by Crippen LogP contribution is 2.20. The Morgan fingerprint density at radius 3 is 2.90 bits per heavy atom. The lowest BCUT2D eigenvalue weighted by molar-refractivity contribution is -0.403. The first kappa shape index (κ1) is 18.3. The Balaban J connectivity index is 2.21. The second kappa shape index (κ2) is 10.0. The molecule has 1 aliphatic heterocycles. The Morgan fingerprint density at radius 1 is 1.62 bits per heavy atom. The number of ether oxygens (including phenoxy) is 1. The van der Waals surface area contributed by atoms with E-state index >= 15 is 0 Å². The van der Waals surface area contributed by atoms with Gasteiger partial charge in [0, 0.05) is 13.1 Å². The summed E-state index contributed by atoms with van der Waals surface area (Å²) in [5, 5.41) is 14.2. The van der Waals surface area contributed by atoms with Crippen LogP contribution < -0.4 is 5.32 Å². The standard InChI is InChI=1S/C14H27N3O3S/c1-4-16(9-13-8-12(2)20-11-13)7-5-6-15-14(21-3)10-17(18)19/h10,12-13,15H,4-9,11H2,1-3H3. The maximum atomic E-state index is 10.4. The van der Waals surface area contributed by atoms with E-state index in [2.05, 4.69) is 24.1 Å². The van der Waals surface area contributed by atoms with Crippen molar-refractivity contribution in [3.8, 4) is 0 Å². The Morgan fingerprint density at radius 2 is 2.38 bits per heavy atom. The van der Waals surface area contributed by atoms with Crippen molar-refractivity contribution in [2.75, 3.05) is 39.0 Å². The third kappa shape index (κ3) is 7.68. The molecule has 1 saturated heterocycles. The average Bonchev–Trinajstić information content (AvgIpc) is 2.85. The molecule has 1 aliphatic rings. The van der Waals surface area contributed by atoms with Crippen LogP contribution in [0.5, 0.6) is 0 Å². The molecule has 0 radical (unpaired) electrons. The maximum Gasteiger partial charge on any atom is 0.263 e. The predicted octanol–water partition coefficient (Wildman–Crippen LogP) is 2.15. The van der Waals surface area contributed by atoms with Crippen molar-refractivity contribution in [3.63, 3.8) is 0 Å². The van der Waals surface area contributed by atoms with E-state index in [0.717, 1.165) is 51.8 Å². The summed E-state index contributed by atoms with van der Waals surface area (Å²) in [7, 11) is 0. The fourth-order valence-corrected chi connectivity index (χ4v) is 3.00. The highest BCUT2D eigenvalue weighted by molar-refractivity contribution is 8.02. The van der Waals surface area contributed by atoms with Crippen LogP contribution in [0.2, 0.25) is 0 Å². The first-order chi connectivity index (χ1) is 10.0. The van der Waals surface area contributed by atoms with Crippen LogP contribution in [0.25, 0.3) is 0 Å². The van der Waals surface area contributed by atoms with Crippen LogP contribution >= 0.6 is 11.8 Å². The molecule has 0 saturated carbocycles. The van der Waals surface area contributed by atoms with Gasteiger partial charge >= 0.3 is 0 Å². The molecule has 0 aromatic rings. The van der Waals surface area contributed by atoms with E-state index in [1.165, 1.54) is 11.8 Å². The number of nitro groups is 1.